The maximum Gasteiger partial charge on any atom is 0.323 e. The van der Waals surface area contributed by atoms with Crippen LogP contribution < -0.4 is 5.69 Å². The van der Waals surface area contributed by atoms with Crippen LogP contribution in [0.25, 0.3) is 11.0 Å². The number of aromatic amines is 2. The first-order valence-electron chi connectivity index (χ1n) is 8.80. The van der Waals surface area contributed by atoms with Crippen molar-refractivity contribution in [1.82, 2.24) is 14.3 Å². The first-order valence-corrected chi connectivity index (χ1v) is 12.1. The van der Waals surface area contributed by atoms with E-state index in [4.69, 9.17) is 4.74 Å². The van der Waals surface area contributed by atoms with Gasteiger partial charge in [0.1, 0.15) is 0 Å². The molecule has 0 aliphatic carbocycles. The maximum atomic E-state index is 13.3. The van der Waals surface area contributed by atoms with Gasteiger partial charge in [-0.15, -0.1) is 0 Å². The van der Waals surface area contributed by atoms with Gasteiger partial charge in [0.15, 0.2) is 9.84 Å². The number of hydrogen-bond acceptors (Lipinski definition) is 6. The average molecular weight is 415 g/mol. The van der Waals surface area contributed by atoms with Gasteiger partial charge >= 0.3 is 5.69 Å². The summed E-state index contributed by atoms with van der Waals surface area (Å²) >= 11 is 0. The number of sulfonamides is 1. The lowest BCUT2D eigenvalue weighted by Crippen LogP contribution is -2.45. The second-order valence-electron chi connectivity index (χ2n) is 7.05. The van der Waals surface area contributed by atoms with Crippen molar-refractivity contribution in [3.8, 4) is 0 Å². The number of fused-ring (bicyclic) bond motifs is 1. The Bertz CT molecular complexity index is 1110. The number of sulfone groups is 1. The fraction of sp³-hybridized carbons (Fsp3) is 0.562. The highest BCUT2D eigenvalue weighted by molar-refractivity contribution is 7.92. The van der Waals surface area contributed by atoms with Crippen LogP contribution in [0.1, 0.15) is 19.3 Å². The monoisotopic (exact) mass is 415 g/mol. The van der Waals surface area contributed by atoms with Crippen LogP contribution in [0.15, 0.2) is 27.9 Å². The summed E-state index contributed by atoms with van der Waals surface area (Å²) in [5.41, 5.74) is 0.475. The quantitative estimate of drug-likeness (QED) is 0.718. The Morgan fingerprint density at radius 2 is 1.96 bits per heavy atom. The minimum atomic E-state index is -3.95. The molecular weight excluding hydrogens is 394 g/mol. The molecule has 2 atom stereocenters. The van der Waals surface area contributed by atoms with Gasteiger partial charge in [-0.05, 0) is 37.5 Å². The average Bonchev–Trinajstić information content (AvgIpc) is 3.30. The van der Waals surface area contributed by atoms with E-state index >= 15 is 0 Å². The van der Waals surface area contributed by atoms with Gasteiger partial charge in [-0.2, -0.15) is 4.31 Å². The summed E-state index contributed by atoms with van der Waals surface area (Å²) in [6, 6.07) is 3.74. The van der Waals surface area contributed by atoms with Crippen molar-refractivity contribution >= 4 is 30.9 Å². The van der Waals surface area contributed by atoms with E-state index in [0.717, 1.165) is 12.8 Å². The lowest BCUT2D eigenvalue weighted by Gasteiger charge is -2.29. The topological polar surface area (TPSA) is 129 Å². The SMILES string of the molecule is O=c1[nH]c2ccc(S(=O)(=O)N(C[C@@H]3CCCO3)[C@H]3CCS(=O)(=O)C3)cc2[nH]1. The smallest absolute Gasteiger partial charge is 0.323 e. The first kappa shape index (κ1) is 18.7. The van der Waals surface area contributed by atoms with E-state index in [9.17, 15) is 21.6 Å². The van der Waals surface area contributed by atoms with Crippen molar-refractivity contribution < 1.29 is 21.6 Å². The van der Waals surface area contributed by atoms with Crippen LogP contribution in [0.5, 0.6) is 0 Å². The zero-order valence-corrected chi connectivity index (χ0v) is 16.2. The fourth-order valence-electron chi connectivity index (χ4n) is 3.74. The highest BCUT2D eigenvalue weighted by Gasteiger charge is 2.40. The van der Waals surface area contributed by atoms with Gasteiger partial charge in [0.05, 0.1) is 33.5 Å². The summed E-state index contributed by atoms with van der Waals surface area (Å²) in [6.07, 6.45) is 1.64. The summed E-state index contributed by atoms with van der Waals surface area (Å²) in [4.78, 5) is 16.6. The van der Waals surface area contributed by atoms with E-state index in [2.05, 4.69) is 9.97 Å². The number of nitrogens with one attached hydrogen (secondary N) is 2. The minimum Gasteiger partial charge on any atom is -0.377 e. The largest absolute Gasteiger partial charge is 0.377 e. The molecule has 9 nitrogen and oxygen atoms in total. The molecule has 2 N–H and O–H groups in total. The molecule has 0 radical (unpaired) electrons. The van der Waals surface area contributed by atoms with Gasteiger partial charge in [-0.25, -0.2) is 21.6 Å². The van der Waals surface area contributed by atoms with Crippen molar-refractivity contribution in [2.24, 2.45) is 0 Å². The second-order valence-corrected chi connectivity index (χ2v) is 11.2. The predicted octanol–water partition coefficient (Wildman–Crippen LogP) is 0.213. The first-order chi connectivity index (χ1) is 12.7. The zero-order chi connectivity index (χ0) is 19.2. The molecule has 4 rings (SSSR count). The van der Waals surface area contributed by atoms with E-state index in [1.165, 1.54) is 22.5 Å². The van der Waals surface area contributed by atoms with Crippen LogP contribution >= 0.6 is 0 Å². The van der Waals surface area contributed by atoms with Gasteiger partial charge in [-0.3, -0.25) is 0 Å². The molecule has 2 aromatic rings. The Hall–Kier alpha value is -1.69. The number of aromatic nitrogens is 2. The van der Waals surface area contributed by atoms with Gasteiger partial charge in [0.2, 0.25) is 10.0 Å². The molecule has 0 bridgehead atoms. The van der Waals surface area contributed by atoms with Gasteiger partial charge in [-0.1, -0.05) is 0 Å². The predicted molar refractivity (Wildman–Crippen MR) is 98.8 cm³/mol. The molecule has 11 heteroatoms. The number of rotatable bonds is 5. The lowest BCUT2D eigenvalue weighted by atomic mass is 10.2. The van der Waals surface area contributed by atoms with E-state index < -0.39 is 31.6 Å². The molecule has 2 aliphatic heterocycles. The second kappa shape index (κ2) is 6.73. The van der Waals surface area contributed by atoms with Crippen LogP contribution in [0.2, 0.25) is 0 Å². The fourth-order valence-corrected chi connectivity index (χ4v) is 7.28. The highest BCUT2D eigenvalue weighted by Crippen LogP contribution is 2.28. The van der Waals surface area contributed by atoms with Crippen LogP contribution in [0, 0.1) is 0 Å². The van der Waals surface area contributed by atoms with Crippen LogP contribution in [0.3, 0.4) is 0 Å². The standard InChI is InChI=1S/C16H21N3O6S2/c20-16-17-14-4-3-13(8-15(14)18-16)27(23,24)19(9-12-2-1-6-25-12)11-5-7-26(21,22)10-11/h3-4,8,11-12H,1-2,5-7,9-10H2,(H2,17,18,20)/t11-,12-/m0/s1. The minimum absolute atomic E-state index is 0.0145. The van der Waals surface area contributed by atoms with Crippen LogP contribution in [-0.4, -0.2) is 67.9 Å². The molecule has 27 heavy (non-hydrogen) atoms. The molecule has 2 aliphatic rings. The summed E-state index contributed by atoms with van der Waals surface area (Å²) in [7, 11) is -7.20. The van der Waals surface area contributed by atoms with Crippen LogP contribution in [0.4, 0.5) is 0 Å². The van der Waals surface area contributed by atoms with Gasteiger partial charge in [0.25, 0.3) is 0 Å². The number of H-pyrrole nitrogens is 2. The number of nitrogens with zero attached hydrogens (tertiary/aromatic N) is 1. The summed E-state index contributed by atoms with van der Waals surface area (Å²) in [6.45, 7) is 0.711. The molecule has 0 saturated carbocycles. The highest BCUT2D eigenvalue weighted by atomic mass is 32.2. The molecule has 148 valence electrons. The summed E-state index contributed by atoms with van der Waals surface area (Å²) < 4.78 is 57.4. The third kappa shape index (κ3) is 3.68. The van der Waals surface area contributed by atoms with Gasteiger partial charge < -0.3 is 14.7 Å². The molecule has 0 spiro atoms. The van der Waals surface area contributed by atoms with E-state index in [1.54, 1.807) is 0 Å². The molecule has 3 heterocycles. The maximum absolute atomic E-state index is 13.3. The Morgan fingerprint density at radius 3 is 2.63 bits per heavy atom. The van der Waals surface area contributed by atoms with Gasteiger partial charge in [0, 0.05) is 19.2 Å². The van der Waals surface area contributed by atoms with Crippen molar-refractivity contribution in [3.63, 3.8) is 0 Å². The third-order valence-corrected chi connectivity index (χ3v) is 8.78. The number of ether oxygens (including phenoxy) is 1. The Kier molecular flexibility index (Phi) is 4.65. The van der Waals surface area contributed by atoms with Crippen molar-refractivity contribution in [1.29, 1.82) is 0 Å². The number of imidazole rings is 1. The van der Waals surface area contributed by atoms with Crippen molar-refractivity contribution in [2.75, 3.05) is 24.7 Å². The lowest BCUT2D eigenvalue weighted by molar-refractivity contribution is 0.0877. The van der Waals surface area contributed by atoms with Crippen molar-refractivity contribution in [2.45, 2.75) is 36.3 Å². The Balaban J connectivity index is 1.72. The third-order valence-electron chi connectivity index (χ3n) is 5.12. The molecule has 2 fully saturated rings. The zero-order valence-electron chi connectivity index (χ0n) is 14.5. The Labute approximate surface area is 156 Å². The molecule has 1 aromatic heterocycles. The van der Waals surface area contributed by atoms with E-state index in [0.29, 0.717) is 17.6 Å². The molecule has 1 aromatic carbocycles. The molecule has 0 unspecified atom stereocenters. The normalized spacial score (nSPS) is 25.5. The molecule has 0 amide bonds. The van der Waals surface area contributed by atoms with Crippen LogP contribution in [-0.2, 0) is 24.6 Å². The van der Waals surface area contributed by atoms with E-state index in [1.807, 2.05) is 0 Å². The van der Waals surface area contributed by atoms with E-state index in [-0.39, 0.29) is 35.5 Å². The summed E-state index contributed by atoms with van der Waals surface area (Å²) in [5, 5.41) is 0. The number of hydrogen-bond donors (Lipinski definition) is 2. The van der Waals surface area contributed by atoms with Crippen molar-refractivity contribution in [3.05, 3.63) is 28.7 Å². The summed E-state index contributed by atoms with van der Waals surface area (Å²) in [5.74, 6) is -0.193. The number of benzene rings is 1. The molecular formula is C16H21N3O6S2. The Morgan fingerprint density at radius 1 is 1.19 bits per heavy atom. The molecule has 2 saturated heterocycles.